The summed E-state index contributed by atoms with van der Waals surface area (Å²) >= 11 is 0. The maximum absolute atomic E-state index is 13.8. The first kappa shape index (κ1) is 21.8. The van der Waals surface area contributed by atoms with Gasteiger partial charge in [-0.15, -0.1) is 0 Å². The number of pyridine rings is 1. The first-order valence-electron chi connectivity index (χ1n) is 10.5. The second kappa shape index (κ2) is 8.63. The van der Waals surface area contributed by atoms with Crippen molar-refractivity contribution in [3.05, 3.63) is 102 Å². The SMILES string of the molecule is CC(C)=CC(c1cccc(N(C)C)c1)c1cc2cccnc2n1S(=O)(=O)c1ccccc1. The molecule has 0 aliphatic heterocycles. The lowest BCUT2D eigenvalue weighted by molar-refractivity contribution is 0.586. The molecule has 0 N–H and O–H groups in total. The highest BCUT2D eigenvalue weighted by Gasteiger charge is 2.28. The normalized spacial score (nSPS) is 12.5. The Kier molecular flexibility index (Phi) is 5.89. The van der Waals surface area contributed by atoms with Crippen molar-refractivity contribution in [1.82, 2.24) is 8.96 Å². The zero-order valence-electron chi connectivity index (χ0n) is 18.7. The molecule has 4 rings (SSSR count). The predicted octanol–water partition coefficient (Wildman–Crippen LogP) is 5.44. The third-order valence-electron chi connectivity index (χ3n) is 5.39. The third-order valence-corrected chi connectivity index (χ3v) is 7.13. The van der Waals surface area contributed by atoms with Gasteiger partial charge in [0.15, 0.2) is 5.65 Å². The molecule has 0 aliphatic carbocycles. The van der Waals surface area contributed by atoms with Gasteiger partial charge < -0.3 is 4.90 Å². The molecule has 6 heteroatoms. The van der Waals surface area contributed by atoms with Gasteiger partial charge in [-0.05, 0) is 61.9 Å². The van der Waals surface area contributed by atoms with Crippen molar-refractivity contribution in [2.45, 2.75) is 24.7 Å². The van der Waals surface area contributed by atoms with Crippen LogP contribution in [0.2, 0.25) is 0 Å². The van der Waals surface area contributed by atoms with E-state index in [1.165, 1.54) is 3.97 Å². The number of benzene rings is 2. The van der Waals surface area contributed by atoms with E-state index < -0.39 is 10.0 Å². The molecule has 0 saturated carbocycles. The van der Waals surface area contributed by atoms with Crippen molar-refractivity contribution < 1.29 is 8.42 Å². The summed E-state index contributed by atoms with van der Waals surface area (Å²) in [4.78, 5) is 6.73. The van der Waals surface area contributed by atoms with E-state index in [0.717, 1.165) is 22.2 Å². The summed E-state index contributed by atoms with van der Waals surface area (Å²) in [5, 5.41) is 0.790. The van der Waals surface area contributed by atoms with Crippen LogP contribution in [0.15, 0.2) is 95.5 Å². The van der Waals surface area contributed by atoms with Gasteiger partial charge in [0.05, 0.1) is 4.90 Å². The van der Waals surface area contributed by atoms with E-state index in [1.807, 2.05) is 75.3 Å². The number of hydrogen-bond donors (Lipinski definition) is 0. The maximum Gasteiger partial charge on any atom is 0.269 e. The Morgan fingerprint density at radius 2 is 1.72 bits per heavy atom. The van der Waals surface area contributed by atoms with Crippen LogP contribution < -0.4 is 4.90 Å². The average molecular weight is 446 g/mol. The van der Waals surface area contributed by atoms with Crippen LogP contribution in [-0.2, 0) is 10.0 Å². The molecule has 4 aromatic rings. The molecule has 0 bridgehead atoms. The number of aromatic nitrogens is 2. The number of anilines is 1. The Labute approximate surface area is 189 Å². The van der Waals surface area contributed by atoms with E-state index in [-0.39, 0.29) is 10.8 Å². The van der Waals surface area contributed by atoms with Crippen LogP contribution in [0.25, 0.3) is 11.0 Å². The monoisotopic (exact) mass is 445 g/mol. The molecule has 0 spiro atoms. The zero-order chi connectivity index (χ0) is 22.9. The van der Waals surface area contributed by atoms with Gasteiger partial charge in [-0.1, -0.05) is 42.0 Å². The van der Waals surface area contributed by atoms with Gasteiger partial charge in [-0.2, -0.15) is 0 Å². The summed E-state index contributed by atoms with van der Waals surface area (Å²) in [7, 11) is 0.138. The molecule has 164 valence electrons. The minimum Gasteiger partial charge on any atom is -0.378 e. The molecule has 32 heavy (non-hydrogen) atoms. The van der Waals surface area contributed by atoms with Crippen molar-refractivity contribution in [2.75, 3.05) is 19.0 Å². The molecule has 0 fully saturated rings. The highest BCUT2D eigenvalue weighted by molar-refractivity contribution is 7.90. The lowest BCUT2D eigenvalue weighted by Crippen LogP contribution is -2.18. The van der Waals surface area contributed by atoms with Crippen LogP contribution in [0.3, 0.4) is 0 Å². The van der Waals surface area contributed by atoms with Gasteiger partial charge in [0.25, 0.3) is 10.0 Å². The average Bonchev–Trinajstić information content (AvgIpc) is 3.18. The van der Waals surface area contributed by atoms with Crippen molar-refractivity contribution in [1.29, 1.82) is 0 Å². The van der Waals surface area contributed by atoms with Gasteiger partial charge in [0.1, 0.15) is 0 Å². The Morgan fingerprint density at radius 3 is 2.41 bits per heavy atom. The van der Waals surface area contributed by atoms with Gasteiger partial charge in [-0.25, -0.2) is 17.4 Å². The summed E-state index contributed by atoms with van der Waals surface area (Å²) in [6.45, 7) is 4.06. The molecule has 1 unspecified atom stereocenters. The lowest BCUT2D eigenvalue weighted by atomic mass is 9.93. The first-order chi connectivity index (χ1) is 15.3. The fourth-order valence-corrected chi connectivity index (χ4v) is 5.42. The highest BCUT2D eigenvalue weighted by Crippen LogP contribution is 2.35. The van der Waals surface area contributed by atoms with Gasteiger partial charge in [0.2, 0.25) is 0 Å². The van der Waals surface area contributed by atoms with Gasteiger partial charge in [0, 0.05) is 43.0 Å². The quantitative estimate of drug-likeness (QED) is 0.371. The Morgan fingerprint density at radius 1 is 0.969 bits per heavy atom. The summed E-state index contributed by atoms with van der Waals surface area (Å²) in [6.07, 6.45) is 3.74. The molecule has 0 aliphatic rings. The molecular formula is C26H27N3O2S. The number of hydrogen-bond acceptors (Lipinski definition) is 4. The highest BCUT2D eigenvalue weighted by atomic mass is 32.2. The molecule has 2 aromatic heterocycles. The molecule has 0 saturated heterocycles. The van der Waals surface area contributed by atoms with Gasteiger partial charge >= 0.3 is 0 Å². The lowest BCUT2D eigenvalue weighted by Gasteiger charge is -2.20. The molecule has 5 nitrogen and oxygen atoms in total. The standard InChI is InChI=1S/C26H27N3O2S/c1-19(2)16-24(20-10-8-12-22(17-20)28(3)4)25-18-21-11-9-15-27-26(21)29(25)32(30,31)23-13-6-5-7-14-23/h5-18,24H,1-4H3. The summed E-state index contributed by atoms with van der Waals surface area (Å²) in [5.74, 6) is -0.257. The second-order valence-electron chi connectivity index (χ2n) is 8.28. The zero-order valence-corrected chi connectivity index (χ0v) is 19.5. The molecule has 2 aromatic carbocycles. The van der Waals surface area contributed by atoms with Crippen LogP contribution >= 0.6 is 0 Å². The van der Waals surface area contributed by atoms with Crippen LogP contribution in [-0.4, -0.2) is 31.5 Å². The number of rotatable bonds is 6. The Bertz CT molecular complexity index is 1380. The molecule has 1 atom stereocenters. The van der Waals surface area contributed by atoms with E-state index in [0.29, 0.717) is 11.3 Å². The van der Waals surface area contributed by atoms with Crippen LogP contribution in [0.5, 0.6) is 0 Å². The first-order valence-corrected chi connectivity index (χ1v) is 11.9. The van der Waals surface area contributed by atoms with E-state index >= 15 is 0 Å². The Balaban J connectivity index is 2.03. The molecular weight excluding hydrogens is 418 g/mol. The fourth-order valence-electron chi connectivity index (χ4n) is 3.88. The van der Waals surface area contributed by atoms with Crippen LogP contribution in [0.4, 0.5) is 5.69 Å². The molecule has 2 heterocycles. The van der Waals surface area contributed by atoms with Crippen LogP contribution in [0, 0.1) is 0 Å². The van der Waals surface area contributed by atoms with E-state index in [9.17, 15) is 8.42 Å². The topological polar surface area (TPSA) is 55.2 Å². The van der Waals surface area contributed by atoms with Crippen molar-refractivity contribution in [3.63, 3.8) is 0 Å². The van der Waals surface area contributed by atoms with E-state index in [2.05, 4.69) is 17.1 Å². The van der Waals surface area contributed by atoms with Gasteiger partial charge in [-0.3, -0.25) is 0 Å². The van der Waals surface area contributed by atoms with E-state index in [1.54, 1.807) is 30.5 Å². The van der Waals surface area contributed by atoms with Crippen molar-refractivity contribution in [2.24, 2.45) is 0 Å². The summed E-state index contributed by atoms with van der Waals surface area (Å²) in [5.41, 5.74) is 4.28. The molecule has 0 amide bonds. The summed E-state index contributed by atoms with van der Waals surface area (Å²) < 4.78 is 29.0. The number of fused-ring (bicyclic) bond motifs is 1. The number of nitrogens with zero attached hydrogens (tertiary/aromatic N) is 3. The second-order valence-corrected chi connectivity index (χ2v) is 10.1. The largest absolute Gasteiger partial charge is 0.378 e. The third kappa shape index (κ3) is 4.06. The Hall–Kier alpha value is -3.38. The minimum absolute atomic E-state index is 0.238. The van der Waals surface area contributed by atoms with Crippen LogP contribution in [0.1, 0.15) is 31.0 Å². The minimum atomic E-state index is -3.85. The maximum atomic E-state index is 13.8. The van der Waals surface area contributed by atoms with E-state index in [4.69, 9.17) is 0 Å². The number of allylic oxidation sites excluding steroid dienone is 2. The summed E-state index contributed by atoms with van der Waals surface area (Å²) in [6, 6.07) is 22.4. The van der Waals surface area contributed by atoms with Crippen molar-refractivity contribution >= 4 is 26.7 Å². The predicted molar refractivity (Wildman–Crippen MR) is 131 cm³/mol. The smallest absolute Gasteiger partial charge is 0.269 e. The van der Waals surface area contributed by atoms with Crippen molar-refractivity contribution in [3.8, 4) is 0 Å². The molecule has 0 radical (unpaired) electrons. The fraction of sp³-hybridized carbons (Fsp3) is 0.192.